The number of nitrogens with zero attached hydrogens (tertiary/aromatic N) is 6. The fourth-order valence-electron chi connectivity index (χ4n) is 4.19. The maximum atomic E-state index is 12.7. The minimum Gasteiger partial charge on any atom is -0.342 e. The molecule has 0 aromatic carbocycles. The maximum Gasteiger partial charge on any atom is 0.329 e. The van der Waals surface area contributed by atoms with Crippen molar-refractivity contribution >= 4 is 28.9 Å². The predicted octanol–water partition coefficient (Wildman–Crippen LogP) is 2.25. The molecular formula is C21H29N7O2S. The first-order valence-electron chi connectivity index (χ1n) is 10.7. The quantitative estimate of drug-likeness (QED) is 0.354. The summed E-state index contributed by atoms with van der Waals surface area (Å²) in [5.74, 6) is 2.17. The molecule has 9 nitrogen and oxygen atoms in total. The van der Waals surface area contributed by atoms with Gasteiger partial charge in [-0.15, -0.1) is 0 Å². The first-order chi connectivity index (χ1) is 14.8. The number of piperidine rings is 1. The summed E-state index contributed by atoms with van der Waals surface area (Å²) < 4.78 is 3.40. The van der Waals surface area contributed by atoms with Crippen LogP contribution in [-0.4, -0.2) is 47.9 Å². The van der Waals surface area contributed by atoms with Crippen LogP contribution in [0.5, 0.6) is 0 Å². The number of aromatic nitrogens is 6. The third-order valence-electron chi connectivity index (χ3n) is 5.65. The molecule has 0 aliphatic carbocycles. The van der Waals surface area contributed by atoms with E-state index in [4.69, 9.17) is 4.98 Å². The second-order valence-corrected chi connectivity index (χ2v) is 9.44. The van der Waals surface area contributed by atoms with E-state index in [0.717, 1.165) is 54.2 Å². The largest absolute Gasteiger partial charge is 0.342 e. The van der Waals surface area contributed by atoms with Crippen LogP contribution < -0.4 is 16.1 Å². The molecule has 0 spiro atoms. The van der Waals surface area contributed by atoms with E-state index >= 15 is 0 Å². The van der Waals surface area contributed by atoms with E-state index in [1.165, 1.54) is 11.0 Å². The van der Waals surface area contributed by atoms with Gasteiger partial charge in [-0.2, -0.15) is 4.98 Å². The Morgan fingerprint density at radius 3 is 2.65 bits per heavy atom. The second-order valence-electron chi connectivity index (χ2n) is 8.38. The number of rotatable bonds is 6. The van der Waals surface area contributed by atoms with Crippen LogP contribution in [0.1, 0.15) is 37.6 Å². The van der Waals surface area contributed by atoms with Crippen LogP contribution in [0.2, 0.25) is 0 Å². The highest BCUT2D eigenvalue weighted by atomic mass is 32.2. The van der Waals surface area contributed by atoms with Gasteiger partial charge in [0, 0.05) is 43.8 Å². The van der Waals surface area contributed by atoms with Crippen LogP contribution in [0.3, 0.4) is 0 Å². The summed E-state index contributed by atoms with van der Waals surface area (Å²) in [7, 11) is 1.65. The number of imidazole rings is 1. The van der Waals surface area contributed by atoms with Crippen molar-refractivity contribution in [3.8, 4) is 0 Å². The summed E-state index contributed by atoms with van der Waals surface area (Å²) in [6.45, 7) is 8.63. The van der Waals surface area contributed by atoms with Gasteiger partial charge in [-0.1, -0.05) is 18.7 Å². The molecule has 0 radical (unpaired) electrons. The van der Waals surface area contributed by atoms with Gasteiger partial charge in [-0.25, -0.2) is 14.8 Å². The van der Waals surface area contributed by atoms with E-state index in [9.17, 15) is 9.59 Å². The molecular weight excluding hydrogens is 414 g/mol. The predicted molar refractivity (Wildman–Crippen MR) is 123 cm³/mol. The first-order valence-corrected chi connectivity index (χ1v) is 11.7. The molecule has 166 valence electrons. The molecule has 3 aromatic heterocycles. The molecule has 4 heterocycles. The Bertz CT molecular complexity index is 1190. The van der Waals surface area contributed by atoms with Gasteiger partial charge in [0.15, 0.2) is 16.3 Å². The average molecular weight is 444 g/mol. The third kappa shape index (κ3) is 4.53. The van der Waals surface area contributed by atoms with Crippen molar-refractivity contribution in [1.29, 1.82) is 0 Å². The van der Waals surface area contributed by atoms with Crippen LogP contribution in [0.25, 0.3) is 11.2 Å². The normalized spacial score (nSPS) is 16.9. The highest BCUT2D eigenvalue weighted by Crippen LogP contribution is 2.26. The Morgan fingerprint density at radius 2 is 1.94 bits per heavy atom. The SMILES string of the molecule is Cc1cc(C)nc(SCCCn2c(N3CCC[C@@H](C)C3)nc3c2c(=O)[nH]c(=O)n3C)n1. The molecule has 10 heteroatoms. The lowest BCUT2D eigenvalue weighted by atomic mass is 10.0. The molecule has 0 unspecified atom stereocenters. The fraction of sp³-hybridized carbons (Fsp3) is 0.571. The Balaban J connectivity index is 1.61. The van der Waals surface area contributed by atoms with Crippen molar-refractivity contribution in [2.24, 2.45) is 13.0 Å². The summed E-state index contributed by atoms with van der Waals surface area (Å²) in [6, 6.07) is 1.96. The van der Waals surface area contributed by atoms with E-state index in [2.05, 4.69) is 26.8 Å². The number of hydrogen-bond acceptors (Lipinski definition) is 7. The third-order valence-corrected chi connectivity index (χ3v) is 6.58. The zero-order valence-electron chi connectivity index (χ0n) is 18.5. The second kappa shape index (κ2) is 8.86. The number of fused-ring (bicyclic) bond motifs is 1. The van der Waals surface area contributed by atoms with Crippen LogP contribution in [0.4, 0.5) is 5.95 Å². The molecule has 1 aliphatic heterocycles. The van der Waals surface area contributed by atoms with Gasteiger partial charge >= 0.3 is 5.69 Å². The summed E-state index contributed by atoms with van der Waals surface area (Å²) >= 11 is 1.62. The number of H-pyrrole nitrogens is 1. The van der Waals surface area contributed by atoms with Crippen molar-refractivity contribution in [3.05, 3.63) is 38.3 Å². The smallest absolute Gasteiger partial charge is 0.329 e. The topological polar surface area (TPSA) is 102 Å². The average Bonchev–Trinajstić information content (AvgIpc) is 3.09. The van der Waals surface area contributed by atoms with Crippen molar-refractivity contribution in [2.75, 3.05) is 23.7 Å². The van der Waals surface area contributed by atoms with Crippen LogP contribution >= 0.6 is 11.8 Å². The lowest BCUT2D eigenvalue weighted by Crippen LogP contribution is -2.36. The Labute approximate surface area is 184 Å². The molecule has 1 N–H and O–H groups in total. The minimum absolute atomic E-state index is 0.382. The highest BCUT2D eigenvalue weighted by molar-refractivity contribution is 7.99. The Kier molecular flexibility index (Phi) is 6.17. The molecule has 4 rings (SSSR count). The number of thioether (sulfide) groups is 1. The van der Waals surface area contributed by atoms with Gasteiger partial charge < -0.3 is 9.47 Å². The van der Waals surface area contributed by atoms with Crippen molar-refractivity contribution in [3.63, 3.8) is 0 Å². The number of aryl methyl sites for hydroxylation is 4. The van der Waals surface area contributed by atoms with Gasteiger partial charge in [-0.3, -0.25) is 14.3 Å². The van der Waals surface area contributed by atoms with Gasteiger partial charge in [0.25, 0.3) is 5.56 Å². The minimum atomic E-state index is -0.441. The summed E-state index contributed by atoms with van der Waals surface area (Å²) in [4.78, 5) is 43.2. The zero-order valence-corrected chi connectivity index (χ0v) is 19.3. The van der Waals surface area contributed by atoms with E-state index in [1.807, 2.05) is 24.5 Å². The first kappa shape index (κ1) is 21.6. The molecule has 0 amide bonds. The summed E-state index contributed by atoms with van der Waals surface area (Å²) in [5, 5.41) is 0.776. The van der Waals surface area contributed by atoms with Gasteiger partial charge in [0.2, 0.25) is 5.95 Å². The molecule has 31 heavy (non-hydrogen) atoms. The molecule has 0 saturated carbocycles. The summed E-state index contributed by atoms with van der Waals surface area (Å²) in [6.07, 6.45) is 3.12. The van der Waals surface area contributed by atoms with Crippen LogP contribution in [-0.2, 0) is 13.6 Å². The van der Waals surface area contributed by atoms with E-state index in [0.29, 0.717) is 23.6 Å². The molecule has 1 aliphatic rings. The van der Waals surface area contributed by atoms with Gasteiger partial charge in [0.1, 0.15) is 0 Å². The van der Waals surface area contributed by atoms with Crippen molar-refractivity contribution < 1.29 is 0 Å². The standard InChI is InChI=1S/C21H29N7O2S/c1-13-7-5-8-27(12-13)20-24-17-16(18(29)25-21(30)26(17)4)28(20)9-6-10-31-19-22-14(2)11-15(3)23-19/h11,13H,5-10,12H2,1-4H3,(H,25,29,30)/t13-/m1/s1. The molecule has 0 bridgehead atoms. The number of anilines is 1. The summed E-state index contributed by atoms with van der Waals surface area (Å²) in [5.41, 5.74) is 2.00. The van der Waals surface area contributed by atoms with Crippen LogP contribution in [0.15, 0.2) is 20.8 Å². The molecule has 1 saturated heterocycles. The van der Waals surface area contributed by atoms with Crippen LogP contribution in [0, 0.1) is 19.8 Å². The van der Waals surface area contributed by atoms with Gasteiger partial charge in [-0.05, 0) is 45.1 Å². The zero-order chi connectivity index (χ0) is 22.1. The molecule has 3 aromatic rings. The fourth-order valence-corrected chi connectivity index (χ4v) is 5.06. The number of aromatic amines is 1. The molecule has 1 fully saturated rings. The van der Waals surface area contributed by atoms with Crippen molar-refractivity contribution in [1.82, 2.24) is 29.1 Å². The molecule has 1 atom stereocenters. The lowest BCUT2D eigenvalue weighted by molar-refractivity contribution is 0.438. The van der Waals surface area contributed by atoms with E-state index in [1.54, 1.807) is 18.8 Å². The van der Waals surface area contributed by atoms with Crippen molar-refractivity contribution in [2.45, 2.75) is 51.7 Å². The number of hydrogen-bond donors (Lipinski definition) is 1. The lowest BCUT2D eigenvalue weighted by Gasteiger charge is -2.32. The monoisotopic (exact) mass is 443 g/mol. The highest BCUT2D eigenvalue weighted by Gasteiger charge is 2.24. The maximum absolute atomic E-state index is 12.7. The Hall–Kier alpha value is -2.62. The number of nitrogens with one attached hydrogen (secondary N) is 1. The van der Waals surface area contributed by atoms with E-state index < -0.39 is 5.69 Å². The Morgan fingerprint density at radius 1 is 1.19 bits per heavy atom. The van der Waals surface area contributed by atoms with E-state index in [-0.39, 0.29) is 5.56 Å². The van der Waals surface area contributed by atoms with Gasteiger partial charge in [0.05, 0.1) is 0 Å².